The number of aryl methyl sites for hydroxylation is 1. The second-order valence-electron chi connectivity index (χ2n) is 11.8. The van der Waals surface area contributed by atoms with Crippen LogP contribution in [0, 0.1) is 6.92 Å². The largest absolute Gasteiger partial charge is 0.489 e. The number of para-hydroxylation sites is 1. The number of hydrogen-bond acceptors (Lipinski definition) is 9. The number of piperidine rings is 1. The smallest absolute Gasteiger partial charge is 0.229 e. The van der Waals surface area contributed by atoms with Crippen LogP contribution < -0.4 is 25.6 Å². The topological polar surface area (TPSA) is 85.9 Å². The van der Waals surface area contributed by atoms with Gasteiger partial charge in [-0.25, -0.2) is 4.98 Å². The van der Waals surface area contributed by atoms with Crippen LogP contribution in [0.5, 0.6) is 5.75 Å². The first-order valence-corrected chi connectivity index (χ1v) is 17.3. The second kappa shape index (κ2) is 11.4. The van der Waals surface area contributed by atoms with E-state index in [0.29, 0.717) is 35.5 Å². The van der Waals surface area contributed by atoms with E-state index in [-0.39, 0.29) is 0 Å². The van der Waals surface area contributed by atoms with Gasteiger partial charge in [0.15, 0.2) is 5.82 Å². The fourth-order valence-corrected chi connectivity index (χ4v) is 7.61. The monoisotopic (exact) mass is 595 g/mol. The number of rotatable bonds is 6. The molecule has 3 aromatic rings. The Kier molecular flexibility index (Phi) is 7.90. The maximum Gasteiger partial charge on any atom is 0.229 e. The molecule has 2 fully saturated rings. The quantitative estimate of drug-likeness (QED) is 0.376. The molecule has 2 saturated heterocycles. The molecule has 0 unspecified atom stereocenters. The van der Waals surface area contributed by atoms with E-state index in [1.165, 1.54) is 31.6 Å². The van der Waals surface area contributed by atoms with Crippen LogP contribution >= 0.6 is 18.7 Å². The number of aromatic nitrogens is 2. The summed E-state index contributed by atoms with van der Waals surface area (Å²) in [6.07, 6.45) is 4.07. The number of likely N-dealkylation sites (tertiary alicyclic amines) is 1. The highest BCUT2D eigenvalue weighted by Gasteiger charge is 2.36. The van der Waals surface area contributed by atoms with E-state index in [2.05, 4.69) is 55.3 Å². The molecule has 0 aliphatic carbocycles. The van der Waals surface area contributed by atoms with Crippen LogP contribution in [-0.2, 0) is 4.57 Å². The van der Waals surface area contributed by atoms with Crippen molar-refractivity contribution in [3.05, 3.63) is 53.2 Å². The van der Waals surface area contributed by atoms with Gasteiger partial charge in [0, 0.05) is 42.7 Å². The van der Waals surface area contributed by atoms with Crippen LogP contribution in [0.2, 0.25) is 5.02 Å². The third-order valence-electron chi connectivity index (χ3n) is 8.44. The lowest BCUT2D eigenvalue weighted by Crippen LogP contribution is -2.60. The van der Waals surface area contributed by atoms with Crippen molar-refractivity contribution in [2.45, 2.75) is 31.8 Å². The number of fused-ring (bicyclic) bond motifs is 3. The summed E-state index contributed by atoms with van der Waals surface area (Å²) in [6.45, 7) is 11.9. The molecule has 0 spiro atoms. The summed E-state index contributed by atoms with van der Waals surface area (Å²) >= 11 is 6.45. The van der Waals surface area contributed by atoms with Crippen LogP contribution in [0.15, 0.2) is 42.6 Å². The Labute approximate surface area is 247 Å². The van der Waals surface area contributed by atoms with Gasteiger partial charge in [-0.15, -0.1) is 0 Å². The Hall–Kier alpha value is -2.84. The molecule has 2 aromatic carbocycles. The lowest BCUT2D eigenvalue weighted by molar-refractivity contribution is 0.0867. The van der Waals surface area contributed by atoms with Gasteiger partial charge in [0.25, 0.3) is 0 Å². The number of piperazine rings is 1. The van der Waals surface area contributed by atoms with Crippen molar-refractivity contribution in [3.63, 3.8) is 0 Å². The average molecular weight is 596 g/mol. The molecule has 0 radical (unpaired) electrons. The maximum absolute atomic E-state index is 12.8. The molecule has 0 bridgehead atoms. The fourth-order valence-electron chi connectivity index (χ4n) is 6.31. The van der Waals surface area contributed by atoms with Gasteiger partial charge in [0.2, 0.25) is 5.95 Å². The number of halogens is 1. The number of nitrogens with zero attached hydrogens (tertiary/aromatic N) is 5. The van der Waals surface area contributed by atoms with Gasteiger partial charge >= 0.3 is 0 Å². The number of hydrogen-bond donors (Lipinski definition) is 2. The number of ether oxygens (including phenoxy) is 1. The molecule has 41 heavy (non-hydrogen) atoms. The van der Waals surface area contributed by atoms with Gasteiger partial charge in [-0.3, -0.25) is 4.90 Å². The van der Waals surface area contributed by atoms with Gasteiger partial charge in [0.1, 0.15) is 24.5 Å². The predicted octanol–water partition coefficient (Wildman–Crippen LogP) is 5.15. The van der Waals surface area contributed by atoms with E-state index >= 15 is 0 Å². The van der Waals surface area contributed by atoms with Crippen molar-refractivity contribution in [3.8, 4) is 5.75 Å². The van der Waals surface area contributed by atoms with Crippen LogP contribution in [0.1, 0.15) is 18.4 Å². The Morgan fingerprint density at radius 3 is 2.61 bits per heavy atom. The average Bonchev–Trinajstić information content (AvgIpc) is 2.94. The molecule has 4 heterocycles. The van der Waals surface area contributed by atoms with Crippen LogP contribution in [0.3, 0.4) is 0 Å². The molecule has 0 amide bonds. The first kappa shape index (κ1) is 28.3. The zero-order chi connectivity index (χ0) is 28.7. The summed E-state index contributed by atoms with van der Waals surface area (Å²) in [5.41, 5.74) is 3.92. The Morgan fingerprint density at radius 1 is 1.05 bits per heavy atom. The lowest BCUT2D eigenvalue weighted by atomic mass is 9.99. The summed E-state index contributed by atoms with van der Waals surface area (Å²) < 4.78 is 19.2. The Bertz CT molecular complexity index is 1470. The first-order valence-electron chi connectivity index (χ1n) is 14.3. The van der Waals surface area contributed by atoms with Gasteiger partial charge in [0.05, 0.1) is 23.6 Å². The second-order valence-corrected chi connectivity index (χ2v) is 15.4. The Balaban J connectivity index is 1.18. The van der Waals surface area contributed by atoms with Crippen molar-refractivity contribution < 1.29 is 9.30 Å². The molecular weight excluding hydrogens is 557 g/mol. The SMILES string of the molecule is Cc1cc(Nc2ncc(Cl)c(Nc3ccccc3P(C)(C)=O)n2)cc2c1N1CCN(C3CCN(C)CC3)C[C@H]1CO2. The standard InChI is InChI=1S/C30H39ClN7O2P/c1-20-15-21(33-30-32-17-24(31)29(35-30)34-25-7-5-6-8-27(25)41(3,4)39)16-26-28(20)38-14-13-37(18-23(38)19-40-26)22-9-11-36(2)12-10-22/h5-8,15-17,22-23H,9-14,18-19H2,1-4H3,(H2,32,33,34,35)/t23-/m0/s1. The molecule has 1 aromatic heterocycles. The van der Waals surface area contributed by atoms with Crippen molar-refractivity contribution in [2.24, 2.45) is 0 Å². The van der Waals surface area contributed by atoms with Gasteiger partial charge in [-0.2, -0.15) is 4.98 Å². The third kappa shape index (κ3) is 6.05. The zero-order valence-corrected chi connectivity index (χ0v) is 25.9. The van der Waals surface area contributed by atoms with Crippen molar-refractivity contribution in [1.29, 1.82) is 0 Å². The van der Waals surface area contributed by atoms with E-state index in [1.807, 2.05) is 30.3 Å². The summed E-state index contributed by atoms with van der Waals surface area (Å²) in [7, 11) is -0.281. The zero-order valence-electron chi connectivity index (χ0n) is 24.2. The van der Waals surface area contributed by atoms with E-state index < -0.39 is 7.14 Å². The number of nitrogens with one attached hydrogen (secondary N) is 2. The van der Waals surface area contributed by atoms with Crippen molar-refractivity contribution >= 4 is 52.9 Å². The summed E-state index contributed by atoms with van der Waals surface area (Å²) in [5.74, 6) is 1.74. The molecule has 6 rings (SSSR count). The van der Waals surface area contributed by atoms with Gasteiger partial charge in [-0.05, 0) is 77.0 Å². The molecule has 1 atom stereocenters. The minimum absolute atomic E-state index is 0.367. The molecule has 3 aliphatic heterocycles. The van der Waals surface area contributed by atoms with E-state index in [9.17, 15) is 4.57 Å². The number of benzene rings is 2. The van der Waals surface area contributed by atoms with Gasteiger partial charge < -0.3 is 29.7 Å². The molecule has 0 saturated carbocycles. The lowest BCUT2D eigenvalue weighted by Gasteiger charge is -2.49. The fraction of sp³-hybridized carbons (Fsp3) is 0.467. The van der Waals surface area contributed by atoms with Crippen molar-refractivity contribution in [1.82, 2.24) is 19.8 Å². The summed E-state index contributed by atoms with van der Waals surface area (Å²) in [6, 6.07) is 12.7. The molecule has 3 aliphatic rings. The van der Waals surface area contributed by atoms with Gasteiger partial charge in [-0.1, -0.05) is 23.7 Å². The molecule has 11 heteroatoms. The highest BCUT2D eigenvalue weighted by Crippen LogP contribution is 2.42. The molecular formula is C30H39ClN7O2P. The minimum atomic E-state index is -2.50. The number of anilines is 5. The van der Waals surface area contributed by atoms with Crippen LogP contribution in [0.25, 0.3) is 0 Å². The summed E-state index contributed by atoms with van der Waals surface area (Å²) in [4.78, 5) is 16.7. The normalized spacial score (nSPS) is 20.2. The Morgan fingerprint density at radius 2 is 1.83 bits per heavy atom. The van der Waals surface area contributed by atoms with E-state index in [0.717, 1.165) is 47.6 Å². The first-order chi connectivity index (χ1) is 19.7. The van der Waals surface area contributed by atoms with Crippen LogP contribution in [-0.4, -0.2) is 91.6 Å². The van der Waals surface area contributed by atoms with Crippen molar-refractivity contribution in [2.75, 3.05) is 75.2 Å². The maximum atomic E-state index is 12.8. The molecule has 2 N–H and O–H groups in total. The highest BCUT2D eigenvalue weighted by atomic mass is 35.5. The third-order valence-corrected chi connectivity index (χ3v) is 10.3. The van der Waals surface area contributed by atoms with E-state index in [1.54, 1.807) is 19.5 Å². The minimum Gasteiger partial charge on any atom is -0.489 e. The predicted molar refractivity (Wildman–Crippen MR) is 169 cm³/mol. The highest BCUT2D eigenvalue weighted by molar-refractivity contribution is 7.70. The molecule has 9 nitrogen and oxygen atoms in total. The summed E-state index contributed by atoms with van der Waals surface area (Å²) in [5, 5.41) is 7.72. The molecule has 218 valence electrons. The van der Waals surface area contributed by atoms with Crippen LogP contribution in [0.4, 0.5) is 28.8 Å². The van der Waals surface area contributed by atoms with E-state index in [4.69, 9.17) is 16.3 Å².